The summed E-state index contributed by atoms with van der Waals surface area (Å²) in [5.74, 6) is 1.17. The van der Waals surface area contributed by atoms with Gasteiger partial charge in [0.1, 0.15) is 5.84 Å². The van der Waals surface area contributed by atoms with Gasteiger partial charge in [-0.15, -0.1) is 0 Å². The van der Waals surface area contributed by atoms with E-state index in [-0.39, 0.29) is 5.41 Å². The van der Waals surface area contributed by atoms with E-state index in [4.69, 9.17) is 0 Å². The van der Waals surface area contributed by atoms with Crippen molar-refractivity contribution in [2.24, 2.45) is 16.3 Å². The van der Waals surface area contributed by atoms with Gasteiger partial charge in [-0.25, -0.2) is 8.42 Å². The van der Waals surface area contributed by atoms with Crippen LogP contribution in [0.15, 0.2) is 34.2 Å². The fraction of sp³-hybridized carbons (Fsp3) is 0.562. The molecule has 0 bridgehead atoms. The molecule has 0 radical (unpaired) electrons. The summed E-state index contributed by atoms with van der Waals surface area (Å²) >= 11 is 0. The summed E-state index contributed by atoms with van der Waals surface area (Å²) in [4.78, 5) is 4.98. The maximum Gasteiger partial charge on any atom is 0.263 e. The van der Waals surface area contributed by atoms with E-state index in [1.807, 2.05) is 12.1 Å². The molecule has 1 heterocycles. The molecule has 114 valence electrons. The molecule has 0 unspecified atom stereocenters. The van der Waals surface area contributed by atoms with Crippen LogP contribution in [0.25, 0.3) is 0 Å². The normalized spacial score (nSPS) is 23.7. The van der Waals surface area contributed by atoms with Crippen LogP contribution in [0.2, 0.25) is 0 Å². The van der Waals surface area contributed by atoms with Crippen LogP contribution >= 0.6 is 0 Å². The van der Waals surface area contributed by atoms with Crippen molar-refractivity contribution in [2.45, 2.75) is 44.4 Å². The second-order valence-electron chi connectivity index (χ2n) is 6.72. The fourth-order valence-electron chi connectivity index (χ4n) is 3.47. The zero-order chi connectivity index (χ0) is 15.1. The minimum atomic E-state index is -3.42. The van der Waals surface area contributed by atoms with E-state index in [0.717, 1.165) is 13.0 Å². The highest BCUT2D eigenvalue weighted by molar-refractivity contribution is 7.90. The Balaban J connectivity index is 1.85. The first kappa shape index (κ1) is 14.6. The van der Waals surface area contributed by atoms with Crippen molar-refractivity contribution in [3.63, 3.8) is 0 Å². The zero-order valence-electron chi connectivity index (χ0n) is 12.6. The summed E-state index contributed by atoms with van der Waals surface area (Å²) in [5, 5.41) is 0. The lowest BCUT2D eigenvalue weighted by molar-refractivity contribution is 0.112. The van der Waals surface area contributed by atoms with Gasteiger partial charge in [0, 0.05) is 12.1 Å². The predicted molar refractivity (Wildman–Crippen MR) is 83.9 cm³/mol. The molecule has 1 N–H and O–H groups in total. The Hall–Kier alpha value is -1.36. The smallest absolute Gasteiger partial charge is 0.263 e. The van der Waals surface area contributed by atoms with Crippen molar-refractivity contribution in [3.8, 4) is 0 Å². The Morgan fingerprint density at radius 1 is 1.29 bits per heavy atom. The van der Waals surface area contributed by atoms with Crippen molar-refractivity contribution in [1.82, 2.24) is 4.72 Å². The number of sulfonamides is 1. The molecule has 0 saturated heterocycles. The largest absolute Gasteiger partial charge is 0.267 e. The predicted octanol–water partition coefficient (Wildman–Crippen LogP) is 2.94. The lowest BCUT2D eigenvalue weighted by Gasteiger charge is -2.42. The first-order chi connectivity index (χ1) is 9.92. The number of nitrogens with one attached hydrogen (secondary N) is 1. The minimum absolute atomic E-state index is 0.282. The van der Waals surface area contributed by atoms with Gasteiger partial charge in [-0.1, -0.05) is 32.4 Å². The van der Waals surface area contributed by atoms with E-state index in [1.54, 1.807) is 12.1 Å². The average molecular weight is 306 g/mol. The molecule has 5 heteroatoms. The van der Waals surface area contributed by atoms with Crippen molar-refractivity contribution < 1.29 is 8.42 Å². The first-order valence-electron chi connectivity index (χ1n) is 7.59. The number of hydrogen-bond acceptors (Lipinski definition) is 3. The molecule has 21 heavy (non-hydrogen) atoms. The van der Waals surface area contributed by atoms with E-state index in [1.165, 1.54) is 19.3 Å². The summed E-state index contributed by atoms with van der Waals surface area (Å²) < 4.78 is 26.7. The molecular formula is C16H22N2O2S. The number of aliphatic imine (C=N–C) groups is 1. The number of hydrogen-bond donors (Lipinski definition) is 1. The van der Waals surface area contributed by atoms with Crippen LogP contribution in [0.4, 0.5) is 0 Å². The van der Waals surface area contributed by atoms with Gasteiger partial charge in [-0.3, -0.25) is 9.71 Å². The highest BCUT2D eigenvalue weighted by Gasteiger charge is 2.38. The van der Waals surface area contributed by atoms with Gasteiger partial charge in [0.25, 0.3) is 10.0 Å². The van der Waals surface area contributed by atoms with Gasteiger partial charge >= 0.3 is 0 Å². The van der Waals surface area contributed by atoms with Crippen LogP contribution in [-0.2, 0) is 10.0 Å². The van der Waals surface area contributed by atoms with E-state index in [0.29, 0.717) is 22.2 Å². The molecule has 1 fully saturated rings. The molecule has 1 saturated carbocycles. The standard InChI is InChI=1S/C16H22N2O2S/c1-12(2)10-16(8-5-9-16)11-17-15-13-6-3-4-7-14(13)21(19,20)18-15/h3-4,6-7,12H,5,8-11H2,1-2H3,(H,17,18). The van der Waals surface area contributed by atoms with Crippen LogP contribution < -0.4 is 4.72 Å². The van der Waals surface area contributed by atoms with Crippen LogP contribution in [-0.4, -0.2) is 20.8 Å². The maximum atomic E-state index is 12.1. The van der Waals surface area contributed by atoms with Gasteiger partial charge in [0.05, 0.1) is 4.90 Å². The lowest BCUT2D eigenvalue weighted by atomic mass is 9.64. The minimum Gasteiger partial charge on any atom is -0.267 e. The number of benzene rings is 1. The van der Waals surface area contributed by atoms with Crippen molar-refractivity contribution in [2.75, 3.05) is 6.54 Å². The Morgan fingerprint density at radius 3 is 2.62 bits per heavy atom. The van der Waals surface area contributed by atoms with Gasteiger partial charge in [-0.2, -0.15) is 0 Å². The molecule has 1 aromatic rings. The van der Waals surface area contributed by atoms with E-state index < -0.39 is 10.0 Å². The zero-order valence-corrected chi connectivity index (χ0v) is 13.4. The number of nitrogens with zero attached hydrogens (tertiary/aromatic N) is 1. The van der Waals surface area contributed by atoms with Crippen molar-refractivity contribution >= 4 is 15.9 Å². The molecule has 0 atom stereocenters. The van der Waals surface area contributed by atoms with Crippen LogP contribution in [0.1, 0.15) is 45.1 Å². The van der Waals surface area contributed by atoms with Gasteiger partial charge in [0.15, 0.2) is 0 Å². The third kappa shape index (κ3) is 2.71. The fourth-order valence-corrected chi connectivity index (χ4v) is 4.72. The maximum absolute atomic E-state index is 12.1. The molecule has 3 rings (SSSR count). The average Bonchev–Trinajstić information content (AvgIpc) is 2.65. The highest BCUT2D eigenvalue weighted by atomic mass is 32.2. The lowest BCUT2D eigenvalue weighted by Crippen LogP contribution is -2.35. The monoisotopic (exact) mass is 306 g/mol. The van der Waals surface area contributed by atoms with E-state index in [9.17, 15) is 8.42 Å². The topological polar surface area (TPSA) is 58.5 Å². The van der Waals surface area contributed by atoms with E-state index >= 15 is 0 Å². The third-order valence-corrected chi connectivity index (χ3v) is 5.89. The summed E-state index contributed by atoms with van der Waals surface area (Å²) in [6.45, 7) is 5.19. The second kappa shape index (κ2) is 5.13. The van der Waals surface area contributed by atoms with Gasteiger partial charge < -0.3 is 0 Å². The molecule has 0 amide bonds. The summed E-state index contributed by atoms with van der Waals surface area (Å²) in [7, 11) is -3.42. The summed E-state index contributed by atoms with van der Waals surface area (Å²) in [5.41, 5.74) is 0.987. The number of amidine groups is 1. The Bertz CT molecular complexity index is 673. The Labute approximate surface area is 126 Å². The Morgan fingerprint density at radius 2 is 2.00 bits per heavy atom. The van der Waals surface area contributed by atoms with Crippen molar-refractivity contribution in [3.05, 3.63) is 29.8 Å². The Kier molecular flexibility index (Phi) is 3.56. The van der Waals surface area contributed by atoms with Gasteiger partial charge in [0.2, 0.25) is 0 Å². The highest BCUT2D eigenvalue weighted by Crippen LogP contribution is 2.46. The summed E-state index contributed by atoms with van der Waals surface area (Å²) in [6, 6.07) is 7.05. The van der Waals surface area contributed by atoms with Crippen LogP contribution in [0, 0.1) is 11.3 Å². The van der Waals surface area contributed by atoms with Crippen LogP contribution in [0.5, 0.6) is 0 Å². The SMILES string of the molecule is CC(C)CC1(CN=C2NS(=O)(=O)c3ccccc32)CCC1. The molecule has 0 spiro atoms. The summed E-state index contributed by atoms with van der Waals surface area (Å²) in [6.07, 6.45) is 4.84. The molecule has 4 nitrogen and oxygen atoms in total. The number of fused-ring (bicyclic) bond motifs is 1. The second-order valence-corrected chi connectivity index (χ2v) is 8.37. The first-order valence-corrected chi connectivity index (χ1v) is 9.07. The van der Waals surface area contributed by atoms with E-state index in [2.05, 4.69) is 23.6 Å². The quantitative estimate of drug-likeness (QED) is 0.929. The molecule has 1 aliphatic carbocycles. The molecule has 0 aromatic heterocycles. The third-order valence-electron chi connectivity index (χ3n) is 4.49. The van der Waals surface area contributed by atoms with Gasteiger partial charge in [-0.05, 0) is 42.7 Å². The van der Waals surface area contributed by atoms with Crippen LogP contribution in [0.3, 0.4) is 0 Å². The molecular weight excluding hydrogens is 284 g/mol. The molecule has 1 aromatic carbocycles. The molecule has 2 aliphatic rings. The van der Waals surface area contributed by atoms with Crippen molar-refractivity contribution in [1.29, 1.82) is 0 Å². The number of rotatable bonds is 4. The molecule has 1 aliphatic heterocycles.